The molecule has 27 heavy (non-hydrogen) atoms. The van der Waals surface area contributed by atoms with E-state index in [0.29, 0.717) is 11.3 Å². The summed E-state index contributed by atoms with van der Waals surface area (Å²) < 4.78 is 0. The number of para-hydroxylation sites is 1. The molecular formula is C20H19N3O2S2. The molecule has 1 aliphatic rings. The van der Waals surface area contributed by atoms with Crippen LogP contribution in [0.25, 0.3) is 10.2 Å². The maximum Gasteiger partial charge on any atom is 0.234 e. The number of rotatable bonds is 5. The van der Waals surface area contributed by atoms with Crippen LogP contribution in [0.4, 0.5) is 5.69 Å². The molecule has 3 aromatic rings. The number of hydrogen-bond acceptors (Lipinski definition) is 6. The molecule has 0 spiro atoms. The molecule has 1 aliphatic carbocycles. The van der Waals surface area contributed by atoms with Crippen molar-refractivity contribution in [3.63, 3.8) is 0 Å². The van der Waals surface area contributed by atoms with Gasteiger partial charge in [-0.15, -0.1) is 11.3 Å². The molecule has 0 radical (unpaired) electrons. The SMILES string of the molecule is CC(=O)c1ccccc1NC(=O)CSc1ncnc2sc3c(c12)CCCC3. The molecule has 0 saturated carbocycles. The van der Waals surface area contributed by atoms with Gasteiger partial charge in [0, 0.05) is 15.8 Å². The smallest absolute Gasteiger partial charge is 0.234 e. The molecule has 2 heterocycles. The van der Waals surface area contributed by atoms with Crippen LogP contribution in [-0.2, 0) is 17.6 Å². The maximum atomic E-state index is 12.4. The van der Waals surface area contributed by atoms with Crippen LogP contribution in [0.1, 0.15) is 40.6 Å². The molecule has 0 fully saturated rings. The van der Waals surface area contributed by atoms with Gasteiger partial charge in [0.1, 0.15) is 16.2 Å². The van der Waals surface area contributed by atoms with E-state index in [1.807, 2.05) is 0 Å². The third-order valence-corrected chi connectivity index (χ3v) is 6.83. The first kappa shape index (κ1) is 18.1. The van der Waals surface area contributed by atoms with E-state index in [4.69, 9.17) is 0 Å². The zero-order chi connectivity index (χ0) is 18.8. The highest BCUT2D eigenvalue weighted by atomic mass is 32.2. The number of aryl methyl sites for hydroxylation is 2. The van der Waals surface area contributed by atoms with Gasteiger partial charge in [-0.3, -0.25) is 9.59 Å². The number of carbonyl (C=O) groups is 2. The fourth-order valence-electron chi connectivity index (χ4n) is 3.39. The largest absolute Gasteiger partial charge is 0.325 e. The van der Waals surface area contributed by atoms with Crippen LogP contribution >= 0.6 is 23.1 Å². The average molecular weight is 398 g/mol. The van der Waals surface area contributed by atoms with Gasteiger partial charge in [0.15, 0.2) is 5.78 Å². The number of thioether (sulfide) groups is 1. The van der Waals surface area contributed by atoms with E-state index in [1.165, 1.54) is 42.0 Å². The van der Waals surface area contributed by atoms with E-state index in [0.717, 1.165) is 28.1 Å². The molecule has 0 atom stereocenters. The van der Waals surface area contributed by atoms with Crippen molar-refractivity contribution in [1.29, 1.82) is 0 Å². The highest BCUT2D eigenvalue weighted by molar-refractivity contribution is 8.00. The quantitative estimate of drug-likeness (QED) is 0.390. The van der Waals surface area contributed by atoms with Crippen LogP contribution in [0.2, 0.25) is 0 Å². The first-order valence-corrected chi connectivity index (χ1v) is 10.7. The summed E-state index contributed by atoms with van der Waals surface area (Å²) in [7, 11) is 0. The number of fused-ring (bicyclic) bond motifs is 3. The molecule has 1 N–H and O–H groups in total. The summed E-state index contributed by atoms with van der Waals surface area (Å²) in [5.74, 6) is 0.0220. The predicted octanol–water partition coefficient (Wildman–Crippen LogP) is 4.50. The highest BCUT2D eigenvalue weighted by Gasteiger charge is 2.20. The van der Waals surface area contributed by atoms with Gasteiger partial charge in [-0.1, -0.05) is 23.9 Å². The van der Waals surface area contributed by atoms with Gasteiger partial charge in [0.05, 0.1) is 11.4 Å². The van der Waals surface area contributed by atoms with Crippen LogP contribution < -0.4 is 5.32 Å². The van der Waals surface area contributed by atoms with Crippen molar-refractivity contribution in [3.05, 3.63) is 46.6 Å². The van der Waals surface area contributed by atoms with Gasteiger partial charge < -0.3 is 5.32 Å². The molecule has 2 aromatic heterocycles. The molecule has 0 saturated heterocycles. The monoisotopic (exact) mass is 397 g/mol. The zero-order valence-electron chi connectivity index (χ0n) is 14.9. The molecule has 138 valence electrons. The highest BCUT2D eigenvalue weighted by Crippen LogP contribution is 2.39. The standard InChI is InChI=1S/C20H19N3O2S2/c1-12(24)13-6-2-4-8-15(13)23-17(25)10-26-19-18-14-7-3-5-9-16(14)27-20(18)22-11-21-19/h2,4,6,8,11H,3,5,7,9-10H2,1H3,(H,23,25). The van der Waals surface area contributed by atoms with Crippen LogP contribution in [0.15, 0.2) is 35.6 Å². The Kier molecular flexibility index (Phi) is 5.22. The number of aromatic nitrogens is 2. The Balaban J connectivity index is 1.52. The number of carbonyl (C=O) groups excluding carboxylic acids is 2. The second-order valence-corrected chi connectivity index (χ2v) is 8.56. The van der Waals surface area contributed by atoms with E-state index in [1.54, 1.807) is 41.9 Å². The van der Waals surface area contributed by atoms with Crippen LogP contribution in [0.3, 0.4) is 0 Å². The van der Waals surface area contributed by atoms with Crippen LogP contribution in [-0.4, -0.2) is 27.4 Å². The van der Waals surface area contributed by atoms with Crippen molar-refractivity contribution in [2.24, 2.45) is 0 Å². The predicted molar refractivity (Wildman–Crippen MR) is 110 cm³/mol. The van der Waals surface area contributed by atoms with E-state index < -0.39 is 0 Å². The van der Waals surface area contributed by atoms with Crippen LogP contribution in [0, 0.1) is 0 Å². The first-order chi connectivity index (χ1) is 13.1. The fourth-order valence-corrected chi connectivity index (χ4v) is 5.51. The number of amides is 1. The Morgan fingerprint density at radius 1 is 1.19 bits per heavy atom. The Morgan fingerprint density at radius 3 is 2.85 bits per heavy atom. The summed E-state index contributed by atoms with van der Waals surface area (Å²) in [6.45, 7) is 1.50. The Hall–Kier alpha value is -2.25. The van der Waals surface area contributed by atoms with Gasteiger partial charge in [0.2, 0.25) is 5.91 Å². The molecule has 7 heteroatoms. The third-order valence-electron chi connectivity index (χ3n) is 4.64. The molecule has 0 unspecified atom stereocenters. The Bertz CT molecular complexity index is 1030. The van der Waals surface area contributed by atoms with Crippen molar-refractivity contribution in [1.82, 2.24) is 9.97 Å². The summed E-state index contributed by atoms with van der Waals surface area (Å²) in [5, 5.41) is 4.84. The van der Waals surface area contributed by atoms with Crippen molar-refractivity contribution >= 4 is 50.7 Å². The van der Waals surface area contributed by atoms with Gasteiger partial charge in [-0.05, 0) is 50.3 Å². The summed E-state index contributed by atoms with van der Waals surface area (Å²) in [4.78, 5) is 35.4. The summed E-state index contributed by atoms with van der Waals surface area (Å²) in [6.07, 6.45) is 6.18. The zero-order valence-corrected chi connectivity index (χ0v) is 16.6. The van der Waals surface area contributed by atoms with E-state index >= 15 is 0 Å². The molecule has 4 rings (SSSR count). The Labute approximate surface area is 165 Å². The van der Waals surface area contributed by atoms with Crippen molar-refractivity contribution in [2.45, 2.75) is 37.6 Å². The number of ketones is 1. The maximum absolute atomic E-state index is 12.4. The van der Waals surface area contributed by atoms with Gasteiger partial charge in [-0.2, -0.15) is 0 Å². The molecule has 1 amide bonds. The first-order valence-electron chi connectivity index (χ1n) is 8.91. The molecule has 5 nitrogen and oxygen atoms in total. The number of nitrogens with one attached hydrogen (secondary N) is 1. The van der Waals surface area contributed by atoms with Crippen molar-refractivity contribution < 1.29 is 9.59 Å². The minimum Gasteiger partial charge on any atom is -0.325 e. The second kappa shape index (κ2) is 7.78. The normalized spacial score (nSPS) is 13.4. The molecule has 0 aliphatic heterocycles. The average Bonchev–Trinajstić information content (AvgIpc) is 3.06. The van der Waals surface area contributed by atoms with E-state index in [9.17, 15) is 9.59 Å². The summed E-state index contributed by atoms with van der Waals surface area (Å²) in [6, 6.07) is 7.06. The topological polar surface area (TPSA) is 72.0 Å². The lowest BCUT2D eigenvalue weighted by molar-refractivity contribution is -0.113. The third kappa shape index (κ3) is 3.75. The molecular weight excluding hydrogens is 378 g/mol. The fraction of sp³-hybridized carbons (Fsp3) is 0.300. The minimum atomic E-state index is -0.149. The lowest BCUT2D eigenvalue weighted by Crippen LogP contribution is -2.16. The molecule has 0 bridgehead atoms. The summed E-state index contributed by atoms with van der Waals surface area (Å²) in [5.41, 5.74) is 2.44. The number of nitrogens with zero attached hydrogens (tertiary/aromatic N) is 2. The summed E-state index contributed by atoms with van der Waals surface area (Å²) >= 11 is 3.18. The number of anilines is 1. The number of Topliss-reactive ketones (excluding diaryl/α,β-unsaturated/α-hetero) is 1. The number of hydrogen-bond donors (Lipinski definition) is 1. The van der Waals surface area contributed by atoms with Gasteiger partial charge >= 0.3 is 0 Å². The number of thiophene rings is 1. The Morgan fingerprint density at radius 2 is 2.00 bits per heavy atom. The van der Waals surface area contributed by atoms with Gasteiger partial charge in [-0.25, -0.2) is 9.97 Å². The van der Waals surface area contributed by atoms with E-state index in [-0.39, 0.29) is 17.4 Å². The van der Waals surface area contributed by atoms with E-state index in [2.05, 4.69) is 15.3 Å². The van der Waals surface area contributed by atoms with Crippen molar-refractivity contribution in [3.8, 4) is 0 Å². The van der Waals surface area contributed by atoms with Crippen LogP contribution in [0.5, 0.6) is 0 Å². The lowest BCUT2D eigenvalue weighted by Gasteiger charge is -2.11. The van der Waals surface area contributed by atoms with Crippen molar-refractivity contribution in [2.75, 3.05) is 11.1 Å². The molecule has 1 aromatic carbocycles. The van der Waals surface area contributed by atoms with Gasteiger partial charge in [0.25, 0.3) is 0 Å². The number of benzene rings is 1. The lowest BCUT2D eigenvalue weighted by atomic mass is 9.97. The minimum absolute atomic E-state index is 0.0686. The second-order valence-electron chi connectivity index (χ2n) is 6.51.